The fourth-order valence-electron chi connectivity index (χ4n) is 1.47. The van der Waals surface area contributed by atoms with Gasteiger partial charge in [0.2, 0.25) is 5.89 Å². The van der Waals surface area contributed by atoms with Crippen molar-refractivity contribution in [1.82, 2.24) is 4.98 Å². The van der Waals surface area contributed by atoms with Crippen LogP contribution in [0.4, 0.5) is 0 Å². The van der Waals surface area contributed by atoms with Crippen LogP contribution in [0.1, 0.15) is 12.6 Å². The molecular weight excluding hydrogens is 206 g/mol. The zero-order valence-corrected chi connectivity index (χ0v) is 8.92. The van der Waals surface area contributed by atoms with E-state index in [1.54, 1.807) is 31.2 Å². The predicted molar refractivity (Wildman–Crippen MR) is 59.0 cm³/mol. The Morgan fingerprint density at radius 1 is 1.44 bits per heavy atom. The smallest absolute Gasteiger partial charge is 0.226 e. The third-order valence-corrected chi connectivity index (χ3v) is 2.15. The summed E-state index contributed by atoms with van der Waals surface area (Å²) >= 11 is 0. The number of aromatic hydroxyl groups is 1. The molecule has 1 aromatic carbocycles. The molecule has 2 aromatic rings. The minimum atomic E-state index is -0.442. The molecule has 84 valence electrons. The summed E-state index contributed by atoms with van der Waals surface area (Å²) in [5.41, 5.74) is 1.42. The summed E-state index contributed by atoms with van der Waals surface area (Å²) in [6, 6.07) is 6.70. The van der Waals surface area contributed by atoms with E-state index < -0.39 is 6.10 Å². The maximum atomic E-state index is 9.32. The molecule has 0 aliphatic carbocycles. The number of aromatic nitrogens is 1. The lowest BCUT2D eigenvalue weighted by Crippen LogP contribution is -2.04. The van der Waals surface area contributed by atoms with E-state index in [0.29, 0.717) is 18.0 Å². The molecule has 1 aromatic heterocycles. The van der Waals surface area contributed by atoms with Crippen LogP contribution in [0.15, 0.2) is 34.9 Å². The summed E-state index contributed by atoms with van der Waals surface area (Å²) in [5.74, 6) is 0.624. The second-order valence-corrected chi connectivity index (χ2v) is 3.75. The predicted octanol–water partition coefficient (Wildman–Crippen LogP) is 1.97. The number of oxazole rings is 1. The Labute approximate surface area is 93.2 Å². The molecule has 0 amide bonds. The van der Waals surface area contributed by atoms with E-state index in [-0.39, 0.29) is 5.75 Å². The molecule has 4 nitrogen and oxygen atoms in total. The maximum Gasteiger partial charge on any atom is 0.226 e. The molecule has 0 saturated heterocycles. The van der Waals surface area contributed by atoms with Gasteiger partial charge >= 0.3 is 0 Å². The summed E-state index contributed by atoms with van der Waals surface area (Å²) < 4.78 is 5.27. The van der Waals surface area contributed by atoms with E-state index in [9.17, 15) is 10.2 Å². The normalized spacial score (nSPS) is 12.6. The number of phenolic OH excluding ortho intramolecular Hbond substituents is 1. The molecule has 0 saturated carbocycles. The Balaban J connectivity index is 2.24. The first-order valence-corrected chi connectivity index (χ1v) is 5.07. The van der Waals surface area contributed by atoms with Crippen molar-refractivity contribution in [2.75, 3.05) is 0 Å². The zero-order chi connectivity index (χ0) is 11.5. The maximum absolute atomic E-state index is 9.32. The highest BCUT2D eigenvalue weighted by Crippen LogP contribution is 2.22. The van der Waals surface area contributed by atoms with Gasteiger partial charge in [-0.15, -0.1) is 0 Å². The van der Waals surface area contributed by atoms with Gasteiger partial charge in [0.15, 0.2) is 0 Å². The van der Waals surface area contributed by atoms with Gasteiger partial charge in [0.1, 0.15) is 12.0 Å². The molecule has 0 fully saturated rings. The van der Waals surface area contributed by atoms with Crippen molar-refractivity contribution in [2.45, 2.75) is 19.4 Å². The summed E-state index contributed by atoms with van der Waals surface area (Å²) in [7, 11) is 0. The molecule has 2 rings (SSSR count). The van der Waals surface area contributed by atoms with Gasteiger partial charge < -0.3 is 14.6 Å². The fourth-order valence-corrected chi connectivity index (χ4v) is 1.47. The Morgan fingerprint density at radius 3 is 2.94 bits per heavy atom. The molecule has 1 atom stereocenters. The Bertz CT molecular complexity index is 477. The van der Waals surface area contributed by atoms with Crippen LogP contribution in [-0.4, -0.2) is 21.3 Å². The highest BCUT2D eigenvalue weighted by molar-refractivity contribution is 5.55. The van der Waals surface area contributed by atoms with Gasteiger partial charge in [-0.2, -0.15) is 0 Å². The van der Waals surface area contributed by atoms with Gasteiger partial charge in [-0.1, -0.05) is 6.07 Å². The van der Waals surface area contributed by atoms with Crippen LogP contribution in [0.5, 0.6) is 5.75 Å². The van der Waals surface area contributed by atoms with Crippen molar-refractivity contribution >= 4 is 0 Å². The third-order valence-electron chi connectivity index (χ3n) is 2.15. The summed E-state index contributed by atoms with van der Waals surface area (Å²) in [4.78, 5) is 4.22. The Hall–Kier alpha value is -1.81. The minimum Gasteiger partial charge on any atom is -0.508 e. The lowest BCUT2D eigenvalue weighted by Gasteiger charge is -1.98. The molecular formula is C12H13NO3. The average Bonchev–Trinajstić information content (AvgIpc) is 2.65. The van der Waals surface area contributed by atoms with Gasteiger partial charge in [0, 0.05) is 12.0 Å². The van der Waals surface area contributed by atoms with Gasteiger partial charge in [0.25, 0.3) is 0 Å². The Kier molecular flexibility index (Phi) is 2.92. The van der Waals surface area contributed by atoms with E-state index >= 15 is 0 Å². The number of aliphatic hydroxyl groups is 1. The van der Waals surface area contributed by atoms with Crippen molar-refractivity contribution in [3.05, 3.63) is 36.2 Å². The molecule has 16 heavy (non-hydrogen) atoms. The molecule has 0 bridgehead atoms. The highest BCUT2D eigenvalue weighted by atomic mass is 16.3. The molecule has 0 spiro atoms. The topological polar surface area (TPSA) is 66.5 Å². The van der Waals surface area contributed by atoms with Crippen LogP contribution in [0.3, 0.4) is 0 Å². The number of benzene rings is 1. The average molecular weight is 219 g/mol. The van der Waals surface area contributed by atoms with Crippen molar-refractivity contribution in [2.24, 2.45) is 0 Å². The molecule has 1 heterocycles. The molecule has 0 aliphatic heterocycles. The van der Waals surface area contributed by atoms with Gasteiger partial charge in [0.05, 0.1) is 11.8 Å². The van der Waals surface area contributed by atoms with E-state index in [4.69, 9.17) is 4.42 Å². The van der Waals surface area contributed by atoms with Gasteiger partial charge in [-0.25, -0.2) is 4.98 Å². The highest BCUT2D eigenvalue weighted by Gasteiger charge is 2.08. The van der Waals surface area contributed by atoms with Crippen molar-refractivity contribution in [3.63, 3.8) is 0 Å². The number of hydrogen-bond acceptors (Lipinski definition) is 4. The summed E-state index contributed by atoms with van der Waals surface area (Å²) in [6.45, 7) is 1.70. The Morgan fingerprint density at radius 2 is 2.25 bits per heavy atom. The number of aliphatic hydroxyl groups excluding tert-OH is 1. The SMILES string of the molecule is CC(O)Cc1coc(-c2cccc(O)c2)n1. The van der Waals surface area contributed by atoms with Crippen LogP contribution in [0.25, 0.3) is 11.5 Å². The zero-order valence-electron chi connectivity index (χ0n) is 8.92. The van der Waals surface area contributed by atoms with Crippen LogP contribution in [-0.2, 0) is 6.42 Å². The van der Waals surface area contributed by atoms with Crippen LogP contribution in [0, 0.1) is 0 Å². The van der Waals surface area contributed by atoms with Crippen molar-refractivity contribution in [3.8, 4) is 17.2 Å². The molecule has 0 aliphatic rings. The largest absolute Gasteiger partial charge is 0.508 e. The number of rotatable bonds is 3. The van der Waals surface area contributed by atoms with E-state index in [1.165, 1.54) is 6.26 Å². The first kappa shape index (κ1) is 10.7. The first-order valence-electron chi connectivity index (χ1n) is 5.07. The molecule has 2 N–H and O–H groups in total. The number of phenols is 1. The van der Waals surface area contributed by atoms with Crippen molar-refractivity contribution < 1.29 is 14.6 Å². The van der Waals surface area contributed by atoms with Crippen LogP contribution >= 0.6 is 0 Å². The van der Waals surface area contributed by atoms with Crippen LogP contribution in [0.2, 0.25) is 0 Å². The quantitative estimate of drug-likeness (QED) is 0.828. The second kappa shape index (κ2) is 4.37. The van der Waals surface area contributed by atoms with Gasteiger partial charge in [-0.3, -0.25) is 0 Å². The standard InChI is InChI=1S/C12H13NO3/c1-8(14)5-10-7-16-12(13-10)9-3-2-4-11(15)6-9/h2-4,6-8,14-15H,5H2,1H3. The number of nitrogens with zero attached hydrogens (tertiary/aromatic N) is 1. The first-order chi connectivity index (χ1) is 7.65. The lowest BCUT2D eigenvalue weighted by atomic mass is 10.2. The van der Waals surface area contributed by atoms with E-state index in [1.807, 2.05) is 0 Å². The lowest BCUT2D eigenvalue weighted by molar-refractivity contribution is 0.194. The molecule has 0 radical (unpaired) electrons. The van der Waals surface area contributed by atoms with E-state index in [0.717, 1.165) is 5.56 Å². The monoisotopic (exact) mass is 219 g/mol. The molecule has 4 heteroatoms. The third kappa shape index (κ3) is 2.41. The van der Waals surface area contributed by atoms with Crippen LogP contribution < -0.4 is 0 Å². The second-order valence-electron chi connectivity index (χ2n) is 3.75. The van der Waals surface area contributed by atoms with Gasteiger partial charge in [-0.05, 0) is 25.1 Å². The van der Waals surface area contributed by atoms with Crippen molar-refractivity contribution in [1.29, 1.82) is 0 Å². The summed E-state index contributed by atoms with van der Waals surface area (Å²) in [6.07, 6.45) is 1.54. The molecule has 1 unspecified atom stereocenters. The fraction of sp³-hybridized carbons (Fsp3) is 0.250. The number of hydrogen-bond donors (Lipinski definition) is 2. The summed E-state index contributed by atoms with van der Waals surface area (Å²) in [5, 5.41) is 18.5. The minimum absolute atomic E-state index is 0.174. The van der Waals surface area contributed by atoms with E-state index in [2.05, 4.69) is 4.98 Å².